The molecule has 0 unspecified atom stereocenters. The molecule has 1 aromatic rings. The van der Waals surface area contributed by atoms with E-state index in [0.717, 1.165) is 0 Å². The Labute approximate surface area is 95.0 Å². The molecule has 0 amide bonds. The van der Waals surface area contributed by atoms with Crippen LogP contribution < -0.4 is 4.74 Å². The van der Waals surface area contributed by atoms with Gasteiger partial charge < -0.3 is 4.74 Å². The first-order valence-corrected chi connectivity index (χ1v) is 5.04. The molecule has 0 aliphatic carbocycles. The van der Waals surface area contributed by atoms with Crippen LogP contribution in [0.4, 0.5) is 4.39 Å². The molecule has 0 radical (unpaired) electrons. The summed E-state index contributed by atoms with van der Waals surface area (Å²) in [6.07, 6.45) is 1.79. The Morgan fingerprint density at radius 2 is 2.19 bits per heavy atom. The molecule has 0 heterocycles. The fourth-order valence-corrected chi connectivity index (χ4v) is 1.41. The van der Waals surface area contributed by atoms with Crippen LogP contribution in [0.5, 0.6) is 5.75 Å². The predicted molar refractivity (Wildman–Crippen MR) is 61.4 cm³/mol. The topological polar surface area (TPSA) is 33.0 Å². The molecule has 0 saturated heterocycles. The van der Waals surface area contributed by atoms with Gasteiger partial charge in [-0.3, -0.25) is 0 Å². The average molecular weight is 219 g/mol. The van der Waals surface area contributed by atoms with Gasteiger partial charge in [-0.2, -0.15) is 5.26 Å². The fraction of sp³-hybridized carbons (Fsp3) is 0.308. The van der Waals surface area contributed by atoms with Gasteiger partial charge in [0.2, 0.25) is 0 Å². The van der Waals surface area contributed by atoms with E-state index in [4.69, 9.17) is 10.00 Å². The van der Waals surface area contributed by atoms with Gasteiger partial charge in [0.05, 0.1) is 18.8 Å². The van der Waals surface area contributed by atoms with E-state index in [1.807, 2.05) is 13.8 Å². The number of hydrogen-bond donors (Lipinski definition) is 0. The molecule has 2 nitrogen and oxygen atoms in total. The van der Waals surface area contributed by atoms with Crippen LogP contribution in [-0.2, 0) is 0 Å². The Bertz CT molecular complexity index is 444. The highest BCUT2D eigenvalue weighted by Gasteiger charge is 2.10. The molecule has 0 atom stereocenters. The van der Waals surface area contributed by atoms with Gasteiger partial charge in [0.15, 0.2) is 0 Å². The quantitative estimate of drug-likeness (QED) is 0.730. The Morgan fingerprint density at radius 3 is 2.69 bits per heavy atom. The summed E-state index contributed by atoms with van der Waals surface area (Å²) >= 11 is 0. The van der Waals surface area contributed by atoms with Gasteiger partial charge in [-0.1, -0.05) is 19.9 Å². The highest BCUT2D eigenvalue weighted by Crippen LogP contribution is 2.27. The smallest absolute Gasteiger partial charge is 0.127 e. The third kappa shape index (κ3) is 2.83. The molecule has 0 fully saturated rings. The van der Waals surface area contributed by atoms with Gasteiger partial charge >= 0.3 is 0 Å². The van der Waals surface area contributed by atoms with Crippen molar-refractivity contribution in [2.75, 3.05) is 7.11 Å². The first-order valence-electron chi connectivity index (χ1n) is 5.04. The SMILES string of the molecule is COc1ccc(F)cc1/C(C#N)=C/C(C)C. The molecule has 1 aromatic carbocycles. The lowest BCUT2D eigenvalue weighted by Gasteiger charge is -2.08. The van der Waals surface area contributed by atoms with Gasteiger partial charge in [-0.15, -0.1) is 0 Å². The van der Waals surface area contributed by atoms with Crippen LogP contribution in [0.15, 0.2) is 24.3 Å². The summed E-state index contributed by atoms with van der Waals surface area (Å²) in [5, 5.41) is 9.04. The number of methoxy groups -OCH3 is 1. The third-order valence-corrected chi connectivity index (χ3v) is 2.07. The van der Waals surface area contributed by atoms with E-state index < -0.39 is 0 Å². The van der Waals surface area contributed by atoms with Crippen molar-refractivity contribution in [3.05, 3.63) is 35.7 Å². The second-order valence-electron chi connectivity index (χ2n) is 3.78. The van der Waals surface area contributed by atoms with Gasteiger partial charge in [0.1, 0.15) is 11.6 Å². The van der Waals surface area contributed by atoms with Crippen molar-refractivity contribution in [2.24, 2.45) is 5.92 Å². The van der Waals surface area contributed by atoms with Gasteiger partial charge in [0, 0.05) is 5.56 Å². The molecule has 84 valence electrons. The predicted octanol–water partition coefficient (Wildman–Crippen LogP) is 3.40. The monoisotopic (exact) mass is 219 g/mol. The molecule has 0 saturated carbocycles. The summed E-state index contributed by atoms with van der Waals surface area (Å²) in [5.41, 5.74) is 0.935. The molecule has 0 aromatic heterocycles. The molecular formula is C13H14FNO. The van der Waals surface area contributed by atoms with Gasteiger partial charge in [0.25, 0.3) is 0 Å². The molecular weight excluding hydrogens is 205 g/mol. The number of rotatable bonds is 3. The zero-order chi connectivity index (χ0) is 12.1. The van der Waals surface area contributed by atoms with E-state index in [2.05, 4.69) is 6.07 Å². The number of hydrogen-bond acceptors (Lipinski definition) is 2. The summed E-state index contributed by atoms with van der Waals surface area (Å²) < 4.78 is 18.2. The summed E-state index contributed by atoms with van der Waals surface area (Å²) in [5.74, 6) is 0.359. The fourth-order valence-electron chi connectivity index (χ4n) is 1.41. The van der Waals surface area contributed by atoms with Gasteiger partial charge in [-0.25, -0.2) is 4.39 Å². The zero-order valence-electron chi connectivity index (χ0n) is 9.62. The summed E-state index contributed by atoms with van der Waals surface area (Å²) in [6.45, 7) is 3.92. The second-order valence-corrected chi connectivity index (χ2v) is 3.78. The van der Waals surface area contributed by atoms with Crippen LogP contribution in [-0.4, -0.2) is 7.11 Å². The number of allylic oxidation sites excluding steroid dienone is 2. The average Bonchev–Trinajstić information content (AvgIpc) is 2.25. The Hall–Kier alpha value is -1.82. The minimum absolute atomic E-state index is 0.225. The van der Waals surface area contributed by atoms with Crippen LogP contribution >= 0.6 is 0 Å². The molecule has 0 spiro atoms. The molecule has 0 aliphatic heterocycles. The lowest BCUT2D eigenvalue weighted by Crippen LogP contribution is -1.93. The minimum Gasteiger partial charge on any atom is -0.496 e. The Balaban J connectivity index is 3.30. The molecule has 0 N–H and O–H groups in total. The third-order valence-electron chi connectivity index (χ3n) is 2.07. The maximum absolute atomic E-state index is 13.1. The summed E-state index contributed by atoms with van der Waals surface area (Å²) in [7, 11) is 1.50. The van der Waals surface area contributed by atoms with E-state index in [-0.39, 0.29) is 11.7 Å². The molecule has 0 bridgehead atoms. The molecule has 16 heavy (non-hydrogen) atoms. The van der Waals surface area contributed by atoms with Crippen molar-refractivity contribution >= 4 is 5.57 Å². The van der Waals surface area contributed by atoms with E-state index in [9.17, 15) is 4.39 Å². The standard InChI is InChI=1S/C13H14FNO/c1-9(2)6-10(8-15)12-7-11(14)4-5-13(12)16-3/h4-7,9H,1-3H3/b10-6+. The van der Waals surface area contributed by atoms with Gasteiger partial charge in [-0.05, 0) is 24.1 Å². The van der Waals surface area contributed by atoms with E-state index in [1.165, 1.54) is 25.3 Å². The largest absolute Gasteiger partial charge is 0.496 e. The van der Waals surface area contributed by atoms with Crippen molar-refractivity contribution < 1.29 is 9.13 Å². The van der Waals surface area contributed by atoms with E-state index >= 15 is 0 Å². The number of nitriles is 1. The second kappa shape index (κ2) is 5.32. The molecule has 1 rings (SSSR count). The number of ether oxygens (including phenoxy) is 1. The van der Waals surface area contributed by atoms with Crippen molar-refractivity contribution in [2.45, 2.75) is 13.8 Å². The highest BCUT2D eigenvalue weighted by molar-refractivity contribution is 5.80. The maximum Gasteiger partial charge on any atom is 0.127 e. The molecule has 3 heteroatoms. The maximum atomic E-state index is 13.1. The number of halogens is 1. The Kier molecular flexibility index (Phi) is 4.07. The van der Waals surface area contributed by atoms with Crippen LogP contribution in [0.25, 0.3) is 5.57 Å². The van der Waals surface area contributed by atoms with Crippen LogP contribution in [0.2, 0.25) is 0 Å². The lowest BCUT2D eigenvalue weighted by atomic mass is 10.0. The first-order chi connectivity index (χ1) is 7.58. The van der Waals surface area contributed by atoms with Crippen molar-refractivity contribution in [1.82, 2.24) is 0 Å². The summed E-state index contributed by atoms with van der Waals surface area (Å²) in [4.78, 5) is 0. The van der Waals surface area contributed by atoms with Crippen LogP contribution in [0.3, 0.4) is 0 Å². The minimum atomic E-state index is -0.374. The highest BCUT2D eigenvalue weighted by atomic mass is 19.1. The van der Waals surface area contributed by atoms with Crippen molar-refractivity contribution in [3.8, 4) is 11.8 Å². The molecule has 0 aliphatic rings. The van der Waals surface area contributed by atoms with Crippen LogP contribution in [0, 0.1) is 23.1 Å². The number of benzene rings is 1. The van der Waals surface area contributed by atoms with Crippen molar-refractivity contribution in [3.63, 3.8) is 0 Å². The normalized spacial score (nSPS) is 11.4. The van der Waals surface area contributed by atoms with E-state index in [1.54, 1.807) is 6.08 Å². The first kappa shape index (κ1) is 12.3. The Morgan fingerprint density at radius 1 is 1.50 bits per heavy atom. The van der Waals surface area contributed by atoms with E-state index in [0.29, 0.717) is 16.9 Å². The lowest BCUT2D eigenvalue weighted by molar-refractivity contribution is 0.412. The van der Waals surface area contributed by atoms with Crippen LogP contribution in [0.1, 0.15) is 19.4 Å². The number of nitrogens with zero attached hydrogens (tertiary/aromatic N) is 1. The van der Waals surface area contributed by atoms with Crippen molar-refractivity contribution in [1.29, 1.82) is 5.26 Å². The summed E-state index contributed by atoms with van der Waals surface area (Å²) in [6, 6.07) is 6.22. The zero-order valence-corrected chi connectivity index (χ0v) is 9.62.